The number of allylic oxidation sites excluding steroid dienone is 2. The molecule has 9 nitrogen and oxygen atoms in total. The molecule has 0 aliphatic heterocycles. The van der Waals surface area contributed by atoms with Crippen LogP contribution in [0, 0.1) is 17.3 Å². The first-order chi connectivity index (χ1) is 21.9. The number of anilines is 2. The van der Waals surface area contributed by atoms with Gasteiger partial charge in [-0.1, -0.05) is 57.9 Å². The van der Waals surface area contributed by atoms with Crippen LogP contribution in [0.15, 0.2) is 72.8 Å². The summed E-state index contributed by atoms with van der Waals surface area (Å²) in [5, 5.41) is 26.6. The standard InChI is InChI=1S/C37H48N2O7/c1-5-6-23-37(3,4)34(43)22-21-31-30(32(41)24-33(31)42)11-9-7-8-10-12-35(44)46-29-19-17-28(18-20-29)39-36(45)26-13-15-27(16-14-26)38-25(2)40/h7,9,13-22,30-31,33-34,42-43H,5-6,8,10-12,23-24H2,1-4H3,(H,38,40)(H,39,45)/b9-7+,22-21+/t30-,31-,33-,34-/m1/s1. The molecule has 2 aromatic rings. The topological polar surface area (TPSA) is 142 Å². The molecule has 9 heteroatoms. The highest BCUT2D eigenvalue weighted by atomic mass is 16.5. The summed E-state index contributed by atoms with van der Waals surface area (Å²) in [5.74, 6) is -1.14. The van der Waals surface area contributed by atoms with Crippen LogP contribution in [0.3, 0.4) is 0 Å². The molecule has 0 saturated heterocycles. The number of benzene rings is 2. The molecule has 2 aromatic carbocycles. The second-order valence-corrected chi connectivity index (χ2v) is 12.7. The van der Waals surface area contributed by atoms with Gasteiger partial charge in [-0.2, -0.15) is 0 Å². The number of aliphatic hydroxyl groups is 2. The van der Waals surface area contributed by atoms with Crippen molar-refractivity contribution in [1.82, 2.24) is 0 Å². The van der Waals surface area contributed by atoms with Crippen molar-refractivity contribution in [3.05, 3.63) is 78.4 Å². The summed E-state index contributed by atoms with van der Waals surface area (Å²) in [6.45, 7) is 7.59. The summed E-state index contributed by atoms with van der Waals surface area (Å²) < 4.78 is 5.41. The fourth-order valence-electron chi connectivity index (χ4n) is 5.43. The number of amides is 2. The smallest absolute Gasteiger partial charge is 0.311 e. The second-order valence-electron chi connectivity index (χ2n) is 12.7. The predicted molar refractivity (Wildman–Crippen MR) is 179 cm³/mol. The Morgan fingerprint density at radius 3 is 2.30 bits per heavy atom. The van der Waals surface area contributed by atoms with Crippen LogP contribution in [0.5, 0.6) is 5.75 Å². The molecule has 1 aliphatic rings. The quantitative estimate of drug-likeness (QED) is 0.0705. The number of rotatable bonds is 16. The minimum Gasteiger partial charge on any atom is -0.427 e. The fourth-order valence-corrected chi connectivity index (χ4v) is 5.43. The molecule has 4 atom stereocenters. The Balaban J connectivity index is 1.39. The molecular weight excluding hydrogens is 584 g/mol. The van der Waals surface area contributed by atoms with E-state index in [-0.39, 0.29) is 53.7 Å². The monoisotopic (exact) mass is 632 g/mol. The van der Waals surface area contributed by atoms with Gasteiger partial charge in [0.15, 0.2) is 0 Å². The maximum atomic E-state index is 12.6. The lowest BCUT2D eigenvalue weighted by molar-refractivity contribution is -0.134. The zero-order chi connectivity index (χ0) is 33.7. The number of ether oxygens (including phenoxy) is 1. The molecule has 0 heterocycles. The van der Waals surface area contributed by atoms with Crippen LogP contribution in [0.1, 0.15) is 89.4 Å². The summed E-state index contributed by atoms with van der Waals surface area (Å²) in [5.41, 5.74) is 1.30. The number of nitrogens with one attached hydrogen (secondary N) is 2. The third-order valence-electron chi connectivity index (χ3n) is 8.34. The molecule has 1 fully saturated rings. The van der Waals surface area contributed by atoms with Gasteiger partial charge in [0.05, 0.1) is 12.2 Å². The molecular formula is C37H48N2O7. The Hall–Kier alpha value is -4.08. The molecule has 1 saturated carbocycles. The molecule has 3 rings (SSSR count). The lowest BCUT2D eigenvalue weighted by Gasteiger charge is -2.29. The Morgan fingerprint density at radius 1 is 1.00 bits per heavy atom. The fraction of sp³-hybridized carbons (Fsp3) is 0.459. The van der Waals surface area contributed by atoms with Crippen LogP contribution >= 0.6 is 0 Å². The van der Waals surface area contributed by atoms with Crippen molar-refractivity contribution in [2.75, 3.05) is 10.6 Å². The number of carbonyl (C=O) groups is 4. The number of ketones is 1. The van der Waals surface area contributed by atoms with Crippen LogP contribution in [0.2, 0.25) is 0 Å². The average molecular weight is 633 g/mol. The number of hydrogen-bond acceptors (Lipinski definition) is 7. The van der Waals surface area contributed by atoms with Crippen molar-refractivity contribution >= 4 is 34.9 Å². The molecule has 0 aromatic heterocycles. The minimum absolute atomic E-state index is 0.0260. The van der Waals surface area contributed by atoms with E-state index in [1.807, 2.05) is 32.1 Å². The molecule has 0 bridgehead atoms. The average Bonchev–Trinajstić information content (AvgIpc) is 3.28. The second kappa shape index (κ2) is 17.6. The van der Waals surface area contributed by atoms with E-state index in [9.17, 15) is 29.4 Å². The summed E-state index contributed by atoms with van der Waals surface area (Å²) in [6.07, 6.45) is 11.1. The Morgan fingerprint density at radius 2 is 1.65 bits per heavy atom. The van der Waals surface area contributed by atoms with Gasteiger partial charge in [0.1, 0.15) is 11.5 Å². The van der Waals surface area contributed by atoms with Gasteiger partial charge < -0.3 is 25.6 Å². The van der Waals surface area contributed by atoms with E-state index in [1.54, 1.807) is 54.6 Å². The highest BCUT2D eigenvalue weighted by Crippen LogP contribution is 2.35. The van der Waals surface area contributed by atoms with Gasteiger partial charge in [0.25, 0.3) is 5.91 Å². The third kappa shape index (κ3) is 11.4. The molecule has 4 N–H and O–H groups in total. The number of aliphatic hydroxyl groups excluding tert-OH is 2. The predicted octanol–water partition coefficient (Wildman–Crippen LogP) is 6.62. The first-order valence-corrected chi connectivity index (χ1v) is 16.1. The normalized spacial score (nSPS) is 19.0. The van der Waals surface area contributed by atoms with Gasteiger partial charge in [-0.25, -0.2) is 0 Å². The van der Waals surface area contributed by atoms with Gasteiger partial charge in [-0.05, 0) is 79.6 Å². The van der Waals surface area contributed by atoms with Crippen molar-refractivity contribution < 1.29 is 34.1 Å². The first-order valence-electron chi connectivity index (χ1n) is 16.1. The van der Waals surface area contributed by atoms with Gasteiger partial charge in [0, 0.05) is 48.5 Å². The van der Waals surface area contributed by atoms with Crippen molar-refractivity contribution in [2.45, 2.75) is 91.3 Å². The van der Waals surface area contributed by atoms with Crippen molar-refractivity contribution in [2.24, 2.45) is 17.3 Å². The Labute approximate surface area is 272 Å². The van der Waals surface area contributed by atoms with Crippen LogP contribution in [-0.4, -0.2) is 46.0 Å². The molecule has 0 unspecified atom stereocenters. The molecule has 248 valence electrons. The summed E-state index contributed by atoms with van der Waals surface area (Å²) in [4.78, 5) is 48.5. The minimum atomic E-state index is -0.747. The van der Waals surface area contributed by atoms with Crippen molar-refractivity contribution in [3.63, 3.8) is 0 Å². The lowest BCUT2D eigenvalue weighted by atomic mass is 9.80. The van der Waals surface area contributed by atoms with E-state index in [0.29, 0.717) is 42.0 Å². The maximum Gasteiger partial charge on any atom is 0.311 e. The van der Waals surface area contributed by atoms with Gasteiger partial charge >= 0.3 is 5.97 Å². The van der Waals surface area contributed by atoms with Gasteiger partial charge in [-0.15, -0.1) is 0 Å². The number of unbranched alkanes of at least 4 members (excludes halogenated alkanes) is 2. The van der Waals surface area contributed by atoms with Crippen LogP contribution in [0.4, 0.5) is 11.4 Å². The number of Topliss-reactive ketones (excluding diaryl/α,β-unsaturated/α-hetero) is 1. The van der Waals surface area contributed by atoms with E-state index in [0.717, 1.165) is 19.3 Å². The zero-order valence-corrected chi connectivity index (χ0v) is 27.3. The number of carbonyl (C=O) groups excluding carboxylic acids is 4. The maximum absolute atomic E-state index is 12.6. The van der Waals surface area contributed by atoms with Crippen molar-refractivity contribution in [3.8, 4) is 5.75 Å². The summed E-state index contributed by atoms with van der Waals surface area (Å²) >= 11 is 0. The van der Waals surface area contributed by atoms with Gasteiger partial charge in [0.2, 0.25) is 5.91 Å². The molecule has 1 aliphatic carbocycles. The molecule has 0 spiro atoms. The summed E-state index contributed by atoms with van der Waals surface area (Å²) in [6, 6.07) is 13.0. The SMILES string of the molecule is CCCCC(C)(C)[C@H](O)/C=C/[C@H]1[C@H](O)CC(=O)[C@@H]1C/C=C/CCCC(=O)Oc1ccc(NC(=O)c2ccc(NC(C)=O)cc2)cc1. The third-order valence-corrected chi connectivity index (χ3v) is 8.34. The van der Waals surface area contributed by atoms with Crippen molar-refractivity contribution in [1.29, 1.82) is 0 Å². The van der Waals surface area contributed by atoms with Crippen LogP contribution in [-0.2, 0) is 14.4 Å². The molecule has 0 radical (unpaired) electrons. The summed E-state index contributed by atoms with van der Waals surface area (Å²) in [7, 11) is 0. The van der Waals surface area contributed by atoms with Crippen LogP contribution in [0.25, 0.3) is 0 Å². The largest absolute Gasteiger partial charge is 0.427 e. The van der Waals surface area contributed by atoms with E-state index in [2.05, 4.69) is 17.6 Å². The lowest BCUT2D eigenvalue weighted by Crippen LogP contribution is -2.28. The Bertz CT molecular complexity index is 1380. The molecule has 2 amide bonds. The van der Waals surface area contributed by atoms with Crippen LogP contribution < -0.4 is 15.4 Å². The van der Waals surface area contributed by atoms with E-state index < -0.39 is 12.2 Å². The molecule has 46 heavy (non-hydrogen) atoms. The van der Waals surface area contributed by atoms with E-state index >= 15 is 0 Å². The number of hydrogen-bond donors (Lipinski definition) is 4. The Kier molecular flexibility index (Phi) is 13.9. The highest BCUT2D eigenvalue weighted by Gasteiger charge is 2.39. The van der Waals surface area contributed by atoms with E-state index in [4.69, 9.17) is 4.74 Å². The first kappa shape index (κ1) is 36.4. The van der Waals surface area contributed by atoms with E-state index in [1.165, 1.54) is 6.92 Å². The zero-order valence-electron chi connectivity index (χ0n) is 27.3. The number of esters is 1. The highest BCUT2D eigenvalue weighted by molar-refractivity contribution is 6.04. The van der Waals surface area contributed by atoms with Gasteiger partial charge in [-0.3, -0.25) is 19.2 Å².